The van der Waals surface area contributed by atoms with Crippen LogP contribution in [0.5, 0.6) is 0 Å². The highest BCUT2D eigenvalue weighted by Gasteiger charge is 2.02. The molecular formula is C6H7N3O. The van der Waals surface area contributed by atoms with E-state index >= 15 is 0 Å². The van der Waals surface area contributed by atoms with Gasteiger partial charge in [0, 0.05) is 19.4 Å². The number of aromatic nitrogens is 2. The first kappa shape index (κ1) is 6.67. The molecule has 0 aromatic carbocycles. The van der Waals surface area contributed by atoms with E-state index in [4.69, 9.17) is 0 Å². The molecule has 0 atom stereocenters. The van der Waals surface area contributed by atoms with Gasteiger partial charge >= 0.3 is 0 Å². The molecule has 0 bridgehead atoms. The maximum absolute atomic E-state index is 10.8. The van der Waals surface area contributed by atoms with E-state index in [9.17, 15) is 4.79 Å². The smallest absolute Gasteiger partial charge is 0.288 e. The summed E-state index contributed by atoms with van der Waals surface area (Å²) in [7, 11) is 1.54. The van der Waals surface area contributed by atoms with Crippen molar-refractivity contribution in [3.63, 3.8) is 0 Å². The van der Waals surface area contributed by atoms with E-state index in [1.54, 1.807) is 13.1 Å². The normalized spacial score (nSPS) is 8.90. The third-order valence-electron chi connectivity index (χ3n) is 0.996. The summed E-state index contributed by atoms with van der Waals surface area (Å²) in [4.78, 5) is 18.2. The van der Waals surface area contributed by atoms with Crippen LogP contribution in [0.4, 0.5) is 0 Å². The summed E-state index contributed by atoms with van der Waals surface area (Å²) in [5, 5.41) is 2.42. The van der Waals surface area contributed by atoms with E-state index in [1.165, 1.54) is 12.4 Å². The molecule has 1 N–H and O–H groups in total. The minimum atomic E-state index is -0.263. The molecule has 0 unspecified atom stereocenters. The van der Waals surface area contributed by atoms with Gasteiger partial charge in [0.05, 0.1) is 0 Å². The maximum atomic E-state index is 10.8. The lowest BCUT2D eigenvalue weighted by atomic mass is 10.5. The third-order valence-corrected chi connectivity index (χ3v) is 0.996. The lowest BCUT2D eigenvalue weighted by Gasteiger charge is -1.93. The first-order valence-corrected chi connectivity index (χ1v) is 2.83. The molecule has 1 aromatic heterocycles. The van der Waals surface area contributed by atoms with E-state index in [0.29, 0.717) is 0 Å². The molecule has 0 aliphatic carbocycles. The van der Waals surface area contributed by atoms with Gasteiger partial charge in [-0.25, -0.2) is 9.97 Å². The van der Waals surface area contributed by atoms with Crippen LogP contribution in [0.15, 0.2) is 18.5 Å². The van der Waals surface area contributed by atoms with Crippen LogP contribution in [0.1, 0.15) is 10.6 Å². The van der Waals surface area contributed by atoms with E-state index in [0.717, 1.165) is 0 Å². The fourth-order valence-electron chi connectivity index (χ4n) is 0.528. The third kappa shape index (κ3) is 1.28. The topological polar surface area (TPSA) is 54.9 Å². The number of carbonyl (C=O) groups excluding carboxylic acids is 1. The summed E-state index contributed by atoms with van der Waals surface area (Å²) in [5.41, 5.74) is 0. The van der Waals surface area contributed by atoms with Gasteiger partial charge in [0.1, 0.15) is 0 Å². The molecule has 0 spiro atoms. The number of carbonyl (C=O) groups is 1. The van der Waals surface area contributed by atoms with Gasteiger partial charge in [-0.15, -0.1) is 0 Å². The van der Waals surface area contributed by atoms with Gasteiger partial charge in [-0.3, -0.25) is 4.79 Å². The Hall–Kier alpha value is -1.45. The van der Waals surface area contributed by atoms with Crippen LogP contribution in [0.2, 0.25) is 0 Å². The zero-order chi connectivity index (χ0) is 7.40. The molecule has 1 rings (SSSR count). The minimum Gasteiger partial charge on any atom is -0.352 e. The van der Waals surface area contributed by atoms with Crippen LogP contribution in [0.25, 0.3) is 0 Å². The van der Waals surface area contributed by atoms with Crippen molar-refractivity contribution in [3.8, 4) is 0 Å². The molecule has 4 nitrogen and oxygen atoms in total. The largest absolute Gasteiger partial charge is 0.352 e. The average molecular weight is 137 g/mol. The first-order chi connectivity index (χ1) is 4.84. The first-order valence-electron chi connectivity index (χ1n) is 2.83. The Morgan fingerprint density at radius 3 is 2.60 bits per heavy atom. The number of nitrogens with one attached hydrogen (secondary N) is 1. The van der Waals surface area contributed by atoms with Crippen LogP contribution in [-0.4, -0.2) is 22.9 Å². The van der Waals surface area contributed by atoms with Crippen LogP contribution < -0.4 is 5.32 Å². The van der Waals surface area contributed by atoms with E-state index in [2.05, 4.69) is 15.3 Å². The zero-order valence-electron chi connectivity index (χ0n) is 5.53. The van der Waals surface area contributed by atoms with Crippen molar-refractivity contribution in [3.05, 3.63) is 24.3 Å². The highest BCUT2D eigenvalue weighted by Crippen LogP contribution is 1.84. The monoisotopic (exact) mass is 137 g/mol. The van der Waals surface area contributed by atoms with Gasteiger partial charge in [0.25, 0.3) is 5.91 Å². The van der Waals surface area contributed by atoms with Crippen LogP contribution in [-0.2, 0) is 0 Å². The standard InChI is InChI=1S/C6H7N3O/c1-7-6(10)5-8-3-2-4-9-5/h2-4H,1H3,(H,7,10). The van der Waals surface area contributed by atoms with E-state index in [1.807, 2.05) is 0 Å². The number of amides is 1. The summed E-state index contributed by atoms with van der Waals surface area (Å²) in [5.74, 6) is -0.0643. The quantitative estimate of drug-likeness (QED) is 0.585. The zero-order valence-corrected chi connectivity index (χ0v) is 5.53. The molecule has 1 aromatic rings. The summed E-state index contributed by atoms with van der Waals surface area (Å²) in [6, 6.07) is 1.66. The van der Waals surface area contributed by atoms with Gasteiger partial charge in [0.15, 0.2) is 0 Å². The number of nitrogens with zero attached hydrogens (tertiary/aromatic N) is 2. The molecule has 1 heterocycles. The predicted octanol–water partition coefficient (Wildman–Crippen LogP) is -0.164. The highest BCUT2D eigenvalue weighted by atomic mass is 16.2. The van der Waals surface area contributed by atoms with Crippen molar-refractivity contribution >= 4 is 5.91 Å². The van der Waals surface area contributed by atoms with E-state index in [-0.39, 0.29) is 11.7 Å². The number of rotatable bonds is 1. The Labute approximate surface area is 58.3 Å². The van der Waals surface area contributed by atoms with Crippen LogP contribution in [0, 0.1) is 0 Å². The van der Waals surface area contributed by atoms with Gasteiger partial charge < -0.3 is 5.32 Å². The molecule has 0 aliphatic heterocycles. The Balaban J connectivity index is 2.85. The molecule has 0 fully saturated rings. The van der Waals surface area contributed by atoms with Gasteiger partial charge in [-0.05, 0) is 6.07 Å². The molecule has 0 saturated heterocycles. The molecule has 1 amide bonds. The fraction of sp³-hybridized carbons (Fsp3) is 0.167. The molecule has 52 valence electrons. The molecule has 10 heavy (non-hydrogen) atoms. The predicted molar refractivity (Wildman–Crippen MR) is 35.4 cm³/mol. The summed E-state index contributed by atoms with van der Waals surface area (Å²) < 4.78 is 0. The minimum absolute atomic E-state index is 0.199. The Morgan fingerprint density at radius 1 is 1.50 bits per heavy atom. The van der Waals surface area contributed by atoms with Crippen molar-refractivity contribution in [1.82, 2.24) is 15.3 Å². The molecule has 0 aliphatic rings. The van der Waals surface area contributed by atoms with Crippen molar-refractivity contribution < 1.29 is 4.79 Å². The van der Waals surface area contributed by atoms with Crippen LogP contribution >= 0.6 is 0 Å². The molecule has 4 heteroatoms. The lowest BCUT2D eigenvalue weighted by molar-refractivity contribution is 0.0952. The maximum Gasteiger partial charge on any atom is 0.288 e. The lowest BCUT2D eigenvalue weighted by Crippen LogP contribution is -2.20. The molecule has 0 radical (unpaired) electrons. The Bertz CT molecular complexity index is 222. The van der Waals surface area contributed by atoms with Gasteiger partial charge in [-0.1, -0.05) is 0 Å². The second-order valence-corrected chi connectivity index (χ2v) is 1.65. The second kappa shape index (κ2) is 2.91. The highest BCUT2D eigenvalue weighted by molar-refractivity contribution is 5.89. The van der Waals surface area contributed by atoms with Gasteiger partial charge in [-0.2, -0.15) is 0 Å². The SMILES string of the molecule is CNC(=O)c1ncccn1. The summed E-state index contributed by atoms with van der Waals surface area (Å²) in [6.07, 6.45) is 3.05. The summed E-state index contributed by atoms with van der Waals surface area (Å²) in [6.45, 7) is 0. The molecule has 0 saturated carbocycles. The molecular weight excluding hydrogens is 130 g/mol. The Morgan fingerprint density at radius 2 is 2.10 bits per heavy atom. The van der Waals surface area contributed by atoms with Crippen molar-refractivity contribution in [2.24, 2.45) is 0 Å². The summed E-state index contributed by atoms with van der Waals surface area (Å²) >= 11 is 0. The van der Waals surface area contributed by atoms with E-state index < -0.39 is 0 Å². The van der Waals surface area contributed by atoms with Crippen molar-refractivity contribution in [2.45, 2.75) is 0 Å². The van der Waals surface area contributed by atoms with Crippen molar-refractivity contribution in [2.75, 3.05) is 7.05 Å². The second-order valence-electron chi connectivity index (χ2n) is 1.65. The van der Waals surface area contributed by atoms with Gasteiger partial charge in [0.2, 0.25) is 5.82 Å². The van der Waals surface area contributed by atoms with Crippen LogP contribution in [0.3, 0.4) is 0 Å². The number of hydrogen-bond donors (Lipinski definition) is 1. The van der Waals surface area contributed by atoms with Crippen molar-refractivity contribution in [1.29, 1.82) is 0 Å². The Kier molecular flexibility index (Phi) is 1.94. The fourth-order valence-corrected chi connectivity index (χ4v) is 0.528. The average Bonchev–Trinajstić information content (AvgIpc) is 2.05. The number of hydrogen-bond acceptors (Lipinski definition) is 3.